The van der Waals surface area contributed by atoms with Gasteiger partial charge in [0.15, 0.2) is 5.78 Å². The van der Waals surface area contributed by atoms with Crippen LogP contribution >= 0.6 is 0 Å². The lowest BCUT2D eigenvalue weighted by molar-refractivity contribution is -0.114. The van der Waals surface area contributed by atoms with Gasteiger partial charge in [0.1, 0.15) is 0 Å². The third kappa shape index (κ3) is 5.71. The number of carbonyl (C=O) groups excluding carboxylic acids is 2. The zero-order valence-electron chi connectivity index (χ0n) is 18.0. The molecule has 8 heteroatoms. The minimum Gasteiger partial charge on any atom is -0.376 e. The summed E-state index contributed by atoms with van der Waals surface area (Å²) in [4.78, 5) is 24.4. The van der Waals surface area contributed by atoms with Crippen LogP contribution in [0.5, 0.6) is 0 Å². The maximum Gasteiger partial charge on any atom is 0.243 e. The molecular formula is C23H29N3O4S. The second-order valence-electron chi connectivity index (χ2n) is 7.80. The number of hydrogen-bond acceptors (Lipinski definition) is 5. The number of nitrogens with one attached hydrogen (secondary N) is 2. The topological polar surface area (TPSA) is 95.6 Å². The lowest BCUT2D eigenvalue weighted by Crippen LogP contribution is -2.32. The van der Waals surface area contributed by atoms with Crippen molar-refractivity contribution < 1.29 is 18.0 Å². The minimum atomic E-state index is -3.62. The quantitative estimate of drug-likeness (QED) is 0.635. The van der Waals surface area contributed by atoms with Gasteiger partial charge in [-0.3, -0.25) is 9.59 Å². The van der Waals surface area contributed by atoms with E-state index in [-0.39, 0.29) is 23.1 Å². The minimum absolute atomic E-state index is 0.0492. The summed E-state index contributed by atoms with van der Waals surface area (Å²) in [6.45, 7) is 4.23. The van der Waals surface area contributed by atoms with Gasteiger partial charge >= 0.3 is 0 Å². The first-order valence-corrected chi connectivity index (χ1v) is 12.0. The second-order valence-corrected chi connectivity index (χ2v) is 9.71. The van der Waals surface area contributed by atoms with E-state index in [1.807, 2.05) is 0 Å². The van der Waals surface area contributed by atoms with Crippen LogP contribution < -0.4 is 10.6 Å². The van der Waals surface area contributed by atoms with E-state index in [0.29, 0.717) is 35.6 Å². The molecule has 1 amide bonds. The van der Waals surface area contributed by atoms with Crippen LogP contribution in [0.2, 0.25) is 0 Å². The third-order valence-corrected chi connectivity index (χ3v) is 7.44. The molecule has 0 saturated carbocycles. The van der Waals surface area contributed by atoms with Gasteiger partial charge in [-0.15, -0.1) is 0 Å². The second kappa shape index (κ2) is 10.1. The van der Waals surface area contributed by atoms with Crippen molar-refractivity contribution in [1.82, 2.24) is 4.31 Å². The number of para-hydroxylation sites is 1. The number of ketones is 1. The molecule has 7 nitrogen and oxygen atoms in total. The Hall–Kier alpha value is -2.71. The smallest absolute Gasteiger partial charge is 0.243 e. The molecular weight excluding hydrogens is 414 g/mol. The van der Waals surface area contributed by atoms with Gasteiger partial charge in [0.05, 0.1) is 11.4 Å². The molecule has 0 unspecified atom stereocenters. The summed E-state index contributed by atoms with van der Waals surface area (Å²) in [5.41, 5.74) is 2.16. The molecule has 0 aliphatic carbocycles. The number of nitrogens with zero attached hydrogens (tertiary/aromatic N) is 1. The lowest BCUT2D eigenvalue weighted by Gasteiger charge is -2.21. The summed E-state index contributed by atoms with van der Waals surface area (Å²) in [5, 5.41) is 5.72. The normalized spacial score (nSPS) is 15.2. The van der Waals surface area contributed by atoms with Crippen LogP contribution in [0.15, 0.2) is 47.4 Å². The zero-order valence-corrected chi connectivity index (χ0v) is 18.8. The number of aryl methyl sites for hydroxylation is 1. The van der Waals surface area contributed by atoms with Gasteiger partial charge in [0.25, 0.3) is 0 Å². The highest BCUT2D eigenvalue weighted by molar-refractivity contribution is 7.89. The molecule has 1 fully saturated rings. The molecule has 1 heterocycles. The number of amides is 1. The molecule has 2 aromatic carbocycles. The Kier molecular flexibility index (Phi) is 7.46. The highest BCUT2D eigenvalue weighted by Gasteiger charge is 2.27. The first-order valence-electron chi connectivity index (χ1n) is 10.5. The Labute approximate surface area is 183 Å². The van der Waals surface area contributed by atoms with Crippen molar-refractivity contribution in [3.05, 3.63) is 53.6 Å². The first-order chi connectivity index (χ1) is 14.8. The number of benzene rings is 2. The van der Waals surface area contributed by atoms with E-state index in [1.54, 1.807) is 47.6 Å². The Balaban J connectivity index is 1.71. The van der Waals surface area contributed by atoms with Crippen molar-refractivity contribution in [3.63, 3.8) is 0 Å². The van der Waals surface area contributed by atoms with Crippen LogP contribution in [0.1, 0.15) is 48.5 Å². The molecule has 0 atom stereocenters. The van der Waals surface area contributed by atoms with Gasteiger partial charge in [-0.05, 0) is 56.5 Å². The molecule has 166 valence electrons. The Morgan fingerprint density at radius 1 is 1.00 bits per heavy atom. The highest BCUT2D eigenvalue weighted by atomic mass is 32.2. The molecule has 31 heavy (non-hydrogen) atoms. The number of rotatable bonds is 7. The highest BCUT2D eigenvalue weighted by Crippen LogP contribution is 2.26. The van der Waals surface area contributed by atoms with Crippen LogP contribution in [0.3, 0.4) is 0 Å². The van der Waals surface area contributed by atoms with Gasteiger partial charge < -0.3 is 10.6 Å². The van der Waals surface area contributed by atoms with E-state index >= 15 is 0 Å². The number of sulfonamides is 1. The summed E-state index contributed by atoms with van der Waals surface area (Å²) in [6, 6.07) is 11.9. The van der Waals surface area contributed by atoms with Crippen LogP contribution in [-0.4, -0.2) is 44.0 Å². The number of carbonyl (C=O) groups is 2. The van der Waals surface area contributed by atoms with Crippen LogP contribution in [0, 0.1) is 6.92 Å². The predicted octanol–water partition coefficient (Wildman–Crippen LogP) is 3.81. The summed E-state index contributed by atoms with van der Waals surface area (Å²) in [6.07, 6.45) is 3.81. The van der Waals surface area contributed by atoms with Crippen molar-refractivity contribution in [1.29, 1.82) is 0 Å². The Bertz CT molecular complexity index is 1060. The third-order valence-electron chi connectivity index (χ3n) is 5.40. The van der Waals surface area contributed by atoms with E-state index in [4.69, 9.17) is 0 Å². The van der Waals surface area contributed by atoms with Crippen molar-refractivity contribution in [2.45, 2.75) is 44.4 Å². The number of hydrogen-bond donors (Lipinski definition) is 2. The zero-order chi connectivity index (χ0) is 22.4. The largest absolute Gasteiger partial charge is 0.376 e. The lowest BCUT2D eigenvalue weighted by atomic mass is 10.1. The average Bonchev–Trinajstić information content (AvgIpc) is 3.04. The summed E-state index contributed by atoms with van der Waals surface area (Å²) in [5.74, 6) is -0.425. The van der Waals surface area contributed by atoms with Gasteiger partial charge in [-0.2, -0.15) is 4.31 Å². The molecule has 0 bridgehead atoms. The van der Waals surface area contributed by atoms with Crippen molar-refractivity contribution in [2.75, 3.05) is 30.3 Å². The van der Waals surface area contributed by atoms with Crippen molar-refractivity contribution in [3.8, 4) is 0 Å². The number of Topliss-reactive ketones (excluding diaryl/α,β-unsaturated/α-hetero) is 1. The van der Waals surface area contributed by atoms with Crippen LogP contribution in [0.25, 0.3) is 0 Å². The van der Waals surface area contributed by atoms with Crippen LogP contribution in [-0.2, 0) is 14.8 Å². The van der Waals surface area contributed by atoms with E-state index < -0.39 is 10.0 Å². The first kappa shape index (κ1) is 23.0. The van der Waals surface area contributed by atoms with E-state index in [0.717, 1.165) is 25.7 Å². The standard InChI is InChI=1S/C23H29N3O4S/c1-17-11-12-19(15-22(17)31(29,30)26-13-7-3-4-8-14-26)25-23(28)16-24-21-10-6-5-9-20(21)18(2)27/h5-6,9-12,15,24H,3-4,7-8,13-14,16H2,1-2H3,(H,25,28). The maximum absolute atomic E-state index is 13.2. The van der Waals surface area contributed by atoms with Gasteiger partial charge in [-0.25, -0.2) is 8.42 Å². The van der Waals surface area contributed by atoms with Crippen molar-refractivity contribution >= 4 is 33.1 Å². The van der Waals surface area contributed by atoms with Crippen LogP contribution in [0.4, 0.5) is 11.4 Å². The monoisotopic (exact) mass is 443 g/mol. The Morgan fingerprint density at radius 3 is 2.35 bits per heavy atom. The fraction of sp³-hybridized carbons (Fsp3) is 0.391. The summed E-state index contributed by atoms with van der Waals surface area (Å²) in [7, 11) is -3.62. The fourth-order valence-corrected chi connectivity index (χ4v) is 5.47. The average molecular weight is 444 g/mol. The molecule has 0 spiro atoms. The molecule has 2 aromatic rings. The fourth-order valence-electron chi connectivity index (χ4n) is 3.70. The van der Waals surface area contributed by atoms with E-state index in [9.17, 15) is 18.0 Å². The van der Waals surface area contributed by atoms with Gasteiger partial charge in [0, 0.05) is 30.0 Å². The summed E-state index contributed by atoms with van der Waals surface area (Å²) >= 11 is 0. The molecule has 0 radical (unpaired) electrons. The summed E-state index contributed by atoms with van der Waals surface area (Å²) < 4.78 is 27.9. The molecule has 1 saturated heterocycles. The molecule has 2 N–H and O–H groups in total. The molecule has 1 aliphatic rings. The van der Waals surface area contributed by atoms with Gasteiger partial charge in [-0.1, -0.05) is 31.0 Å². The SMILES string of the molecule is CC(=O)c1ccccc1NCC(=O)Nc1ccc(C)c(S(=O)(=O)N2CCCCCC2)c1. The molecule has 0 aromatic heterocycles. The van der Waals surface area contributed by atoms with E-state index in [1.165, 1.54) is 13.0 Å². The van der Waals surface area contributed by atoms with E-state index in [2.05, 4.69) is 10.6 Å². The van der Waals surface area contributed by atoms with Gasteiger partial charge in [0.2, 0.25) is 15.9 Å². The Morgan fingerprint density at radius 2 is 1.68 bits per heavy atom. The predicted molar refractivity (Wildman–Crippen MR) is 122 cm³/mol. The maximum atomic E-state index is 13.2. The number of anilines is 2. The molecule has 1 aliphatic heterocycles. The van der Waals surface area contributed by atoms with Crippen molar-refractivity contribution in [2.24, 2.45) is 0 Å². The molecule has 3 rings (SSSR count).